The van der Waals surface area contributed by atoms with Gasteiger partial charge in [0.15, 0.2) is 18.9 Å². The first kappa shape index (κ1) is 36.8. The molecule has 43 heavy (non-hydrogen) atoms. The molecule has 0 aromatic heterocycles. The summed E-state index contributed by atoms with van der Waals surface area (Å²) in [7, 11) is 1.80. The van der Waals surface area contributed by atoms with Crippen molar-refractivity contribution in [3.63, 3.8) is 0 Å². The number of ether oxygens (including phenoxy) is 6. The highest BCUT2D eigenvalue weighted by Gasteiger charge is 2.51. The van der Waals surface area contributed by atoms with Crippen molar-refractivity contribution in [1.29, 1.82) is 0 Å². The number of rotatable bonds is 13. The highest BCUT2D eigenvalue weighted by molar-refractivity contribution is 6.33. The molecule has 1 saturated carbocycles. The third-order valence-electron chi connectivity index (χ3n) is 8.38. The molecule has 0 amide bonds. The topological polar surface area (TPSA) is 333 Å². The van der Waals surface area contributed by atoms with Crippen molar-refractivity contribution in [3.8, 4) is 0 Å². The molecule has 0 bridgehead atoms. The molecule has 0 aromatic carbocycles. The lowest BCUT2D eigenvalue weighted by atomic mass is 9.74. The van der Waals surface area contributed by atoms with Crippen LogP contribution in [-0.2, 0) is 28.4 Å². The van der Waals surface area contributed by atoms with Gasteiger partial charge >= 0.3 is 0 Å². The van der Waals surface area contributed by atoms with Gasteiger partial charge in [-0.1, -0.05) is 6.82 Å². The van der Waals surface area contributed by atoms with Gasteiger partial charge in [0.25, 0.3) is 0 Å². The van der Waals surface area contributed by atoms with Crippen LogP contribution in [0.1, 0.15) is 6.42 Å². The molecule has 2 saturated heterocycles. The Kier molecular flexibility index (Phi) is 13.9. The van der Waals surface area contributed by atoms with Crippen molar-refractivity contribution in [2.75, 3.05) is 20.2 Å². The molecule has 3 fully saturated rings. The maximum Gasteiger partial charge on any atom is 0.186 e. The number of hydrogen-bond acceptors (Lipinski definition) is 18. The minimum absolute atomic E-state index is 0.118. The van der Waals surface area contributed by atoms with Crippen molar-refractivity contribution in [1.82, 2.24) is 0 Å². The molecule has 18 nitrogen and oxygen atoms in total. The molecule has 2 aliphatic heterocycles. The molecule has 18 N–H and O–H groups in total. The van der Waals surface area contributed by atoms with Gasteiger partial charge in [-0.25, -0.2) is 0 Å². The second-order valence-electron chi connectivity index (χ2n) is 11.5. The molecule has 18 atom stereocenters. The van der Waals surface area contributed by atoms with Gasteiger partial charge in [-0.05, 0) is 12.7 Å². The standard InChI is InChI=1S/C24H51BN6O12/c1-25-4-9(39-22-12(30)18(36)15(33)10(5-26)40-22)17(35)24(38-2)43-21-14(32)7(28)3-8(29)20(21)42-23-13(31)19(37)16(34)11(6-27)41-23/h7-25,32-37H,3-6,26-31H2,1-2H3/t7?,8?,9-,10-,11?,12?,13-,14+,15?,16?,17-,18?,19-,20+,21+,22?,23?,24?/m0/s1. The Morgan fingerprint density at radius 1 is 0.767 bits per heavy atom. The summed E-state index contributed by atoms with van der Waals surface area (Å²) in [6, 6.07) is -4.01. The van der Waals surface area contributed by atoms with Crippen LogP contribution in [0.4, 0.5) is 0 Å². The number of hydrogen-bond donors (Lipinski definition) is 12. The fourth-order valence-electron chi connectivity index (χ4n) is 5.68. The Morgan fingerprint density at radius 3 is 1.81 bits per heavy atom. The summed E-state index contributed by atoms with van der Waals surface area (Å²) >= 11 is 0. The largest absolute Gasteiger partial charge is 0.389 e. The fourth-order valence-corrected chi connectivity index (χ4v) is 5.68. The summed E-state index contributed by atoms with van der Waals surface area (Å²) < 4.78 is 34.9. The first-order chi connectivity index (χ1) is 20.3. The average Bonchev–Trinajstić information content (AvgIpc) is 2.99. The molecule has 0 aromatic rings. The van der Waals surface area contributed by atoms with Crippen LogP contribution in [-0.4, -0.2) is 168 Å². The van der Waals surface area contributed by atoms with Crippen LogP contribution >= 0.6 is 0 Å². The Morgan fingerprint density at radius 2 is 1.30 bits per heavy atom. The molecular formula is C24H51BN6O12. The number of aliphatic hydroxyl groups excluding tert-OH is 6. The average molecular weight is 627 g/mol. The molecule has 3 aliphatic rings. The predicted molar refractivity (Wildman–Crippen MR) is 151 cm³/mol. The van der Waals surface area contributed by atoms with E-state index in [1.807, 2.05) is 6.82 Å². The SMILES string of the molecule is CBC[C@H](OC1O[C@@H](CN)C(O)C(O)C1N)[C@H](O)C(OC)O[C@@H]1[C@H](O)C(N)CC(N)[C@H]1OC1OC(CN)C(O)[C@@H](O)[C@@H]1N. The zero-order valence-corrected chi connectivity index (χ0v) is 24.5. The lowest BCUT2D eigenvalue weighted by Gasteiger charge is -2.47. The van der Waals surface area contributed by atoms with Gasteiger partial charge in [-0.3, -0.25) is 0 Å². The minimum atomic E-state index is -1.50. The van der Waals surface area contributed by atoms with E-state index in [1.165, 1.54) is 7.11 Å². The molecule has 10 unspecified atom stereocenters. The fraction of sp³-hybridized carbons (Fsp3) is 1.00. The van der Waals surface area contributed by atoms with Crippen molar-refractivity contribution < 1.29 is 59.1 Å². The normalized spacial score (nSPS) is 46.2. The minimum Gasteiger partial charge on any atom is -0.389 e. The summed E-state index contributed by atoms with van der Waals surface area (Å²) in [6.45, 7) is 1.59. The van der Waals surface area contributed by atoms with Crippen molar-refractivity contribution in [2.45, 2.75) is 130 Å². The smallest absolute Gasteiger partial charge is 0.186 e. The predicted octanol–water partition coefficient (Wildman–Crippen LogP) is -7.74. The van der Waals surface area contributed by atoms with Crippen LogP contribution in [0.2, 0.25) is 13.1 Å². The van der Waals surface area contributed by atoms with Crippen molar-refractivity contribution in [3.05, 3.63) is 0 Å². The molecule has 0 radical (unpaired) electrons. The molecule has 0 spiro atoms. The van der Waals surface area contributed by atoms with Gasteiger partial charge in [0.05, 0.1) is 24.3 Å². The Hall–Kier alpha value is -0.655. The molecule has 2 heterocycles. The van der Waals surface area contributed by atoms with E-state index in [0.717, 1.165) is 0 Å². The van der Waals surface area contributed by atoms with E-state index in [0.29, 0.717) is 7.28 Å². The maximum atomic E-state index is 11.4. The highest BCUT2D eigenvalue weighted by Crippen LogP contribution is 2.31. The third kappa shape index (κ3) is 8.20. The van der Waals surface area contributed by atoms with Crippen LogP contribution in [0, 0.1) is 0 Å². The second-order valence-corrected chi connectivity index (χ2v) is 11.5. The number of methoxy groups -OCH3 is 1. The number of aliphatic hydroxyl groups is 6. The summed E-state index contributed by atoms with van der Waals surface area (Å²) in [5, 5.41) is 63.6. The highest BCUT2D eigenvalue weighted by atomic mass is 16.7. The Balaban J connectivity index is 1.80. The molecule has 1 aliphatic carbocycles. The zero-order chi connectivity index (χ0) is 32.2. The zero-order valence-electron chi connectivity index (χ0n) is 24.5. The first-order valence-corrected chi connectivity index (χ1v) is 14.6. The maximum absolute atomic E-state index is 11.4. The van der Waals surface area contributed by atoms with Gasteiger partial charge in [0, 0.05) is 32.3 Å². The van der Waals surface area contributed by atoms with E-state index in [-0.39, 0.29) is 25.8 Å². The lowest BCUT2D eigenvalue weighted by Crippen LogP contribution is -2.68. The monoisotopic (exact) mass is 626 g/mol. The van der Waals surface area contributed by atoms with Gasteiger partial charge in [0.1, 0.15) is 62.2 Å². The molecule has 252 valence electrons. The summed E-state index contributed by atoms with van der Waals surface area (Å²) in [5.41, 5.74) is 35.9. The Bertz CT molecular complexity index is 844. The number of nitrogens with two attached hydrogens (primary N) is 6. The van der Waals surface area contributed by atoms with E-state index >= 15 is 0 Å². The van der Waals surface area contributed by atoms with Crippen molar-refractivity contribution >= 4 is 7.28 Å². The van der Waals surface area contributed by atoms with Crippen molar-refractivity contribution in [2.24, 2.45) is 34.4 Å². The summed E-state index contributed by atoms with van der Waals surface area (Å²) in [4.78, 5) is 0. The van der Waals surface area contributed by atoms with E-state index < -0.39 is 110 Å². The molecular weight excluding hydrogens is 575 g/mol. The van der Waals surface area contributed by atoms with Gasteiger partial charge in [-0.2, -0.15) is 0 Å². The Labute approximate surface area is 251 Å². The van der Waals surface area contributed by atoms with Crippen LogP contribution in [0.5, 0.6) is 0 Å². The quantitative estimate of drug-likeness (QED) is 0.0667. The van der Waals surface area contributed by atoms with Crippen LogP contribution < -0.4 is 34.4 Å². The molecule has 3 rings (SSSR count). The summed E-state index contributed by atoms with van der Waals surface area (Å²) in [6.07, 6.45) is -17.3. The van der Waals surface area contributed by atoms with Crippen LogP contribution in [0.25, 0.3) is 0 Å². The molecule has 19 heteroatoms. The second kappa shape index (κ2) is 16.3. The summed E-state index contributed by atoms with van der Waals surface area (Å²) in [5.74, 6) is 0. The van der Waals surface area contributed by atoms with E-state index in [1.54, 1.807) is 0 Å². The van der Waals surface area contributed by atoms with Gasteiger partial charge in [-0.15, -0.1) is 0 Å². The van der Waals surface area contributed by atoms with Gasteiger partial charge in [0.2, 0.25) is 0 Å². The van der Waals surface area contributed by atoms with Crippen LogP contribution in [0.15, 0.2) is 0 Å². The lowest BCUT2D eigenvalue weighted by molar-refractivity contribution is -0.319. The third-order valence-corrected chi connectivity index (χ3v) is 8.38. The van der Waals surface area contributed by atoms with E-state index in [9.17, 15) is 30.6 Å². The van der Waals surface area contributed by atoms with Crippen LogP contribution in [0.3, 0.4) is 0 Å². The first-order valence-electron chi connectivity index (χ1n) is 14.6. The van der Waals surface area contributed by atoms with E-state index in [2.05, 4.69) is 0 Å². The van der Waals surface area contributed by atoms with E-state index in [4.69, 9.17) is 62.8 Å². The van der Waals surface area contributed by atoms with Gasteiger partial charge < -0.3 is 93.5 Å².